The number of phosphoric ester groups is 1. The first-order valence-corrected chi connectivity index (χ1v) is 7.18. The van der Waals surface area contributed by atoms with Crippen molar-refractivity contribution in [3.05, 3.63) is 22.7 Å². The summed E-state index contributed by atoms with van der Waals surface area (Å²) in [6.07, 6.45) is -4.51. The fourth-order valence-electron chi connectivity index (χ4n) is 1.88. The SMILES string of the molecule is Nc1cc[15n]([C@@H]2O[C@H](COP(=O)([O-])[O-])[C@@H](O)[C@@H]2O)[13c](=O)[15n]1.[Na+].[Na+]. The molecule has 1 fully saturated rings. The zero-order valence-corrected chi connectivity index (χ0v) is 17.3. The Hall–Kier alpha value is 0.670. The second kappa shape index (κ2) is 9.39. The Morgan fingerprint density at radius 2 is 2.00 bits per heavy atom. The van der Waals surface area contributed by atoms with Crippen molar-refractivity contribution in [2.45, 2.75) is 24.5 Å². The molecule has 2 heterocycles. The van der Waals surface area contributed by atoms with E-state index in [1.165, 1.54) is 12.3 Å². The minimum absolute atomic E-state index is 0. The number of anilines is 1. The maximum Gasteiger partial charge on any atom is 1.00 e. The number of nitrogen functional groups attached to an aromatic ring is 1. The second-order valence-corrected chi connectivity index (χ2v) is 5.48. The van der Waals surface area contributed by atoms with Gasteiger partial charge in [-0.05, 0) is 6.07 Å². The van der Waals surface area contributed by atoms with E-state index in [1.54, 1.807) is 0 Å². The third kappa shape index (κ3) is 6.15. The molecule has 0 aromatic carbocycles. The Labute approximate surface area is 174 Å². The molecule has 2 rings (SSSR count). The van der Waals surface area contributed by atoms with Gasteiger partial charge in [0.15, 0.2) is 6.23 Å². The fourth-order valence-corrected chi connectivity index (χ4v) is 2.21. The van der Waals surface area contributed by atoms with Gasteiger partial charge in [-0.2, -0.15) is 4.98 Å². The van der Waals surface area contributed by atoms with Crippen LogP contribution < -0.4 is 80.3 Å². The van der Waals surface area contributed by atoms with Crippen LogP contribution in [-0.2, 0) is 13.8 Å². The van der Waals surface area contributed by atoms with E-state index in [-0.39, 0.29) is 64.9 Å². The molecule has 0 unspecified atom stereocenters. The molecule has 1 aliphatic heterocycles. The van der Waals surface area contributed by atoms with Crippen LogP contribution in [0.2, 0.25) is 0 Å². The van der Waals surface area contributed by atoms with Gasteiger partial charge in [0, 0.05) is 6.20 Å². The van der Waals surface area contributed by atoms with Crippen molar-refractivity contribution in [2.24, 2.45) is 0 Å². The van der Waals surface area contributed by atoms with Crippen molar-refractivity contribution in [1.29, 1.82) is 0 Å². The van der Waals surface area contributed by atoms with E-state index in [0.29, 0.717) is 0 Å². The topological polar surface area (TPSA) is 183 Å². The fraction of sp³-hybridized carbons (Fsp3) is 0.556. The van der Waals surface area contributed by atoms with Crippen molar-refractivity contribution in [1.82, 2.24) is 9.55 Å². The zero-order chi connectivity index (χ0) is 15.8. The first-order chi connectivity index (χ1) is 9.69. The molecule has 1 aromatic heterocycles. The quantitative estimate of drug-likeness (QED) is 0.340. The number of nitrogens with zero attached hydrogens (tertiary/aromatic N) is 2. The molecule has 4 N–H and O–H groups in total. The Morgan fingerprint density at radius 1 is 1.39 bits per heavy atom. The molecule has 0 radical (unpaired) electrons. The Morgan fingerprint density at radius 3 is 2.52 bits per heavy atom. The van der Waals surface area contributed by atoms with Crippen LogP contribution in [-0.4, -0.2) is 44.7 Å². The third-order valence-corrected chi connectivity index (χ3v) is 3.33. The van der Waals surface area contributed by atoms with Gasteiger partial charge in [-0.25, -0.2) is 4.79 Å². The van der Waals surface area contributed by atoms with Gasteiger partial charge in [0.1, 0.15) is 24.1 Å². The second-order valence-electron chi connectivity index (χ2n) is 4.33. The third-order valence-electron chi connectivity index (χ3n) is 2.86. The number of ether oxygens (including phenoxy) is 1. The molecule has 4 atom stereocenters. The smallest absolute Gasteiger partial charge is 0.790 e. The standard InChI is InChI=1S/C9H14N3O8P.2Na/c10-5-1-2-12(9(15)11-5)8-7(14)6(13)4(20-8)3-19-21(16,17)18;;/h1-2,4,6-8,13-14H,3H2,(H2,10,11,15)(H2,16,17,18);;/q;2*+1/p-2/t4-,6-,7+,8-;;/m1../s1/i9+1,11+1,12+1;;. The molecule has 0 spiro atoms. The maximum atomic E-state index is 11.6. The molecule has 1 saturated heterocycles. The van der Waals surface area contributed by atoms with Gasteiger partial charge in [-0.3, -0.25) is 4.57 Å². The number of hydrogen-bond donors (Lipinski definition) is 3. The molecule has 11 nitrogen and oxygen atoms in total. The van der Waals surface area contributed by atoms with Crippen molar-refractivity contribution in [2.75, 3.05) is 12.3 Å². The Bertz CT molecular complexity index is 625. The summed E-state index contributed by atoms with van der Waals surface area (Å²) >= 11 is 0. The number of hydrogen-bond acceptors (Lipinski definition) is 10. The predicted molar refractivity (Wildman–Crippen MR) is 62.4 cm³/mol. The molecular formula is C9H12N3Na2O8P. The summed E-state index contributed by atoms with van der Waals surface area (Å²) in [5.41, 5.74) is 4.49. The van der Waals surface area contributed by atoms with Crippen LogP contribution in [0.4, 0.5) is 5.82 Å². The molecule has 0 amide bonds. The molecule has 1 aliphatic rings. The zero-order valence-electron chi connectivity index (χ0n) is 12.4. The summed E-state index contributed by atoms with van der Waals surface area (Å²) < 4.78 is 20.4. The molecule has 14 heteroatoms. The minimum Gasteiger partial charge on any atom is -0.790 e. The van der Waals surface area contributed by atoms with E-state index >= 15 is 0 Å². The average Bonchev–Trinajstić information content (AvgIpc) is 2.64. The number of aliphatic hydroxyl groups excluding tert-OH is 2. The Kier molecular flexibility index (Phi) is 9.66. The van der Waals surface area contributed by atoms with Gasteiger partial charge >= 0.3 is 64.8 Å². The van der Waals surface area contributed by atoms with Crippen molar-refractivity contribution in [3.8, 4) is 0 Å². The monoisotopic (exact) mass is 370 g/mol. The van der Waals surface area contributed by atoms with E-state index in [1.807, 2.05) is 0 Å². The van der Waals surface area contributed by atoms with E-state index in [2.05, 4.69) is 9.51 Å². The number of aliphatic hydroxyl groups is 2. The summed E-state index contributed by atoms with van der Waals surface area (Å²) in [6.45, 7) is -0.782. The molecule has 0 aliphatic carbocycles. The summed E-state index contributed by atoms with van der Waals surface area (Å²) in [4.78, 5) is 35.8. The normalized spacial score (nSPS) is 27.1. The summed E-state index contributed by atoms with van der Waals surface area (Å²) in [5.74, 6) is -0.0391. The van der Waals surface area contributed by atoms with Gasteiger partial charge in [0.25, 0.3) is 0 Å². The van der Waals surface area contributed by atoms with Gasteiger partial charge in [0.05, 0.1) is 14.4 Å². The van der Waals surface area contributed by atoms with Crippen LogP contribution in [0.5, 0.6) is 0 Å². The molecule has 0 bridgehead atoms. The van der Waals surface area contributed by atoms with Gasteiger partial charge in [-0.15, -0.1) is 0 Å². The van der Waals surface area contributed by atoms with Crippen LogP contribution >= 0.6 is 7.82 Å². The van der Waals surface area contributed by atoms with Crippen molar-refractivity contribution >= 4 is 13.6 Å². The van der Waals surface area contributed by atoms with Crippen molar-refractivity contribution in [3.63, 3.8) is 0 Å². The molecule has 0 saturated carbocycles. The minimum atomic E-state index is -5.24. The van der Waals surface area contributed by atoms with E-state index in [0.717, 1.165) is 4.57 Å². The van der Waals surface area contributed by atoms with E-state index in [4.69, 9.17) is 10.5 Å². The molecule has 23 heavy (non-hydrogen) atoms. The first-order valence-electron chi connectivity index (χ1n) is 5.72. The molecule has 118 valence electrons. The molecular weight excluding hydrogens is 358 g/mol. The number of phosphoric acid groups is 1. The van der Waals surface area contributed by atoms with E-state index < -0.39 is 44.7 Å². The van der Waals surface area contributed by atoms with Crippen LogP contribution in [0.25, 0.3) is 0 Å². The first kappa shape index (κ1) is 23.7. The van der Waals surface area contributed by atoms with Gasteiger partial charge in [-0.1, -0.05) is 0 Å². The predicted octanol–water partition coefficient (Wildman–Crippen LogP) is -9.70. The number of nitrogens with two attached hydrogens (primary N) is 1. The van der Waals surface area contributed by atoms with Crippen LogP contribution in [0.1, 0.15) is 6.23 Å². The maximum absolute atomic E-state index is 11.6. The summed E-state index contributed by atoms with van der Waals surface area (Å²) in [7, 11) is -5.24. The van der Waals surface area contributed by atoms with Gasteiger partial charge in [0.2, 0.25) is 0 Å². The number of rotatable bonds is 4. The van der Waals surface area contributed by atoms with E-state index in [9.17, 15) is 29.4 Å². The van der Waals surface area contributed by atoms with Crippen LogP contribution in [0.15, 0.2) is 17.1 Å². The number of aromatic nitrogens is 2. The van der Waals surface area contributed by atoms with Crippen molar-refractivity contribution < 1.29 is 92.9 Å². The van der Waals surface area contributed by atoms with Gasteiger partial charge < -0.3 is 39.6 Å². The van der Waals surface area contributed by atoms with Crippen LogP contribution in [0.3, 0.4) is 0 Å². The summed E-state index contributed by atoms with van der Waals surface area (Å²) in [5, 5.41) is 19.6. The molecule has 1 aromatic rings. The Balaban J connectivity index is 0.00000242. The largest absolute Gasteiger partial charge is 1.00 e. The average molecular weight is 370 g/mol. The van der Waals surface area contributed by atoms with Crippen LogP contribution in [0, 0.1) is 0 Å². The summed E-state index contributed by atoms with van der Waals surface area (Å²) in [6, 6.07) is 1.27.